The predicted molar refractivity (Wildman–Crippen MR) is 95.9 cm³/mol. The molecule has 0 bridgehead atoms. The highest BCUT2D eigenvalue weighted by molar-refractivity contribution is 6.30. The maximum Gasteiger partial charge on any atom is 0.234 e. The molecule has 122 valence electrons. The van der Waals surface area contributed by atoms with E-state index < -0.39 is 0 Å². The molecule has 2 aromatic rings. The van der Waals surface area contributed by atoms with Crippen molar-refractivity contribution < 1.29 is 4.79 Å². The van der Waals surface area contributed by atoms with E-state index in [-0.39, 0.29) is 24.5 Å². The van der Waals surface area contributed by atoms with E-state index >= 15 is 0 Å². The number of carbonyl (C=O) groups excluding carboxylic acids is 1. The molecule has 1 amide bonds. The summed E-state index contributed by atoms with van der Waals surface area (Å²) in [6.45, 7) is 4.21. The van der Waals surface area contributed by atoms with Crippen LogP contribution in [0.4, 0.5) is 0 Å². The van der Waals surface area contributed by atoms with Crippen molar-refractivity contribution in [3.63, 3.8) is 0 Å². The van der Waals surface area contributed by atoms with Gasteiger partial charge < -0.3 is 10.6 Å². The summed E-state index contributed by atoms with van der Waals surface area (Å²) in [6, 6.07) is 15.1. The number of hydrogen-bond acceptors (Lipinski definition) is 2. The average Bonchev–Trinajstić information content (AvgIpc) is 2.54. The van der Waals surface area contributed by atoms with Crippen LogP contribution in [0.1, 0.15) is 37.1 Å². The quantitative estimate of drug-likeness (QED) is 0.803. The van der Waals surface area contributed by atoms with Gasteiger partial charge >= 0.3 is 0 Å². The summed E-state index contributed by atoms with van der Waals surface area (Å²) in [5.74, 6) is -0.0479. The SMILES string of the molecule is C[C@H](NCC(=O)N[C@@H](C)c1ccc(Cl)cc1)c1ccc(Cl)cc1. The van der Waals surface area contributed by atoms with E-state index in [9.17, 15) is 4.79 Å². The first-order valence-corrected chi connectivity index (χ1v) is 8.25. The van der Waals surface area contributed by atoms with E-state index in [0.717, 1.165) is 11.1 Å². The third-order valence-corrected chi connectivity index (χ3v) is 4.19. The molecule has 0 heterocycles. The summed E-state index contributed by atoms with van der Waals surface area (Å²) in [4.78, 5) is 12.1. The smallest absolute Gasteiger partial charge is 0.234 e. The minimum Gasteiger partial charge on any atom is -0.348 e. The van der Waals surface area contributed by atoms with Crippen molar-refractivity contribution in [2.45, 2.75) is 25.9 Å². The molecular weight excluding hydrogens is 331 g/mol. The molecule has 0 aromatic heterocycles. The van der Waals surface area contributed by atoms with Crippen molar-refractivity contribution in [2.24, 2.45) is 0 Å². The Morgan fingerprint density at radius 3 is 1.78 bits per heavy atom. The number of carbonyl (C=O) groups is 1. The Kier molecular flexibility index (Phi) is 6.46. The fraction of sp³-hybridized carbons (Fsp3) is 0.278. The number of halogens is 2. The molecule has 0 aliphatic rings. The predicted octanol–water partition coefficient (Wildman–Crippen LogP) is 4.52. The van der Waals surface area contributed by atoms with Gasteiger partial charge in [-0.2, -0.15) is 0 Å². The van der Waals surface area contributed by atoms with Gasteiger partial charge in [-0.15, -0.1) is 0 Å². The first kappa shape index (κ1) is 17.8. The summed E-state index contributed by atoms with van der Waals surface area (Å²) in [5, 5.41) is 7.56. The highest BCUT2D eigenvalue weighted by Crippen LogP contribution is 2.17. The molecule has 0 fully saturated rings. The number of nitrogens with one attached hydrogen (secondary N) is 2. The van der Waals surface area contributed by atoms with Crippen LogP contribution in [0.2, 0.25) is 10.0 Å². The monoisotopic (exact) mass is 350 g/mol. The second-order valence-electron chi connectivity index (χ2n) is 5.49. The molecule has 3 nitrogen and oxygen atoms in total. The molecule has 0 aliphatic heterocycles. The maximum absolute atomic E-state index is 12.1. The zero-order valence-corrected chi connectivity index (χ0v) is 14.7. The normalized spacial score (nSPS) is 13.4. The Hall–Kier alpha value is -1.55. The van der Waals surface area contributed by atoms with Crippen LogP contribution in [-0.4, -0.2) is 12.5 Å². The fourth-order valence-electron chi connectivity index (χ4n) is 2.24. The van der Waals surface area contributed by atoms with Crippen molar-refractivity contribution in [1.82, 2.24) is 10.6 Å². The van der Waals surface area contributed by atoms with Crippen molar-refractivity contribution in [3.05, 3.63) is 69.7 Å². The lowest BCUT2D eigenvalue weighted by Gasteiger charge is -2.17. The minimum absolute atomic E-state index is 0.0479. The number of benzene rings is 2. The standard InChI is InChI=1S/C18H20Cl2N2O/c1-12(14-3-7-16(19)8-4-14)21-11-18(23)22-13(2)15-5-9-17(20)10-6-15/h3-10,12-13,21H,11H2,1-2H3,(H,22,23)/t12-,13-/m0/s1. The highest BCUT2D eigenvalue weighted by atomic mass is 35.5. The maximum atomic E-state index is 12.1. The molecule has 23 heavy (non-hydrogen) atoms. The molecule has 5 heteroatoms. The molecule has 0 unspecified atom stereocenters. The van der Waals surface area contributed by atoms with Crippen molar-refractivity contribution in [2.75, 3.05) is 6.54 Å². The van der Waals surface area contributed by atoms with E-state index in [4.69, 9.17) is 23.2 Å². The van der Waals surface area contributed by atoms with Crippen LogP contribution in [-0.2, 0) is 4.79 Å². The Morgan fingerprint density at radius 1 is 0.870 bits per heavy atom. The first-order valence-electron chi connectivity index (χ1n) is 7.49. The van der Waals surface area contributed by atoms with Gasteiger partial charge in [0, 0.05) is 16.1 Å². The first-order chi connectivity index (χ1) is 11.0. The van der Waals surface area contributed by atoms with E-state index in [1.807, 2.05) is 62.4 Å². The third-order valence-electron chi connectivity index (χ3n) is 3.69. The van der Waals surface area contributed by atoms with Crippen molar-refractivity contribution >= 4 is 29.1 Å². The van der Waals surface area contributed by atoms with Crippen LogP contribution in [0.3, 0.4) is 0 Å². The molecular formula is C18H20Cl2N2O. The van der Waals surface area contributed by atoms with Gasteiger partial charge in [0.25, 0.3) is 0 Å². The second kappa shape index (κ2) is 8.34. The molecule has 2 N–H and O–H groups in total. The molecule has 2 aromatic carbocycles. The van der Waals surface area contributed by atoms with Crippen LogP contribution < -0.4 is 10.6 Å². The van der Waals surface area contributed by atoms with Crippen LogP contribution in [0, 0.1) is 0 Å². The summed E-state index contributed by atoms with van der Waals surface area (Å²) < 4.78 is 0. The molecule has 0 saturated heterocycles. The molecule has 0 spiro atoms. The lowest BCUT2D eigenvalue weighted by molar-refractivity contribution is -0.121. The van der Waals surface area contributed by atoms with Gasteiger partial charge in [-0.3, -0.25) is 4.79 Å². The summed E-state index contributed by atoms with van der Waals surface area (Å²) in [7, 11) is 0. The molecule has 0 radical (unpaired) electrons. The van der Waals surface area contributed by atoms with Crippen molar-refractivity contribution in [3.8, 4) is 0 Å². The highest BCUT2D eigenvalue weighted by Gasteiger charge is 2.11. The van der Waals surface area contributed by atoms with Crippen LogP contribution >= 0.6 is 23.2 Å². The van der Waals surface area contributed by atoms with Gasteiger partial charge in [-0.25, -0.2) is 0 Å². The fourth-order valence-corrected chi connectivity index (χ4v) is 2.49. The van der Waals surface area contributed by atoms with Crippen LogP contribution in [0.25, 0.3) is 0 Å². The summed E-state index contributed by atoms with van der Waals surface area (Å²) in [6.07, 6.45) is 0. The van der Waals surface area contributed by atoms with E-state index in [0.29, 0.717) is 10.0 Å². The van der Waals surface area contributed by atoms with Crippen LogP contribution in [0.15, 0.2) is 48.5 Å². The van der Waals surface area contributed by atoms with Gasteiger partial charge in [0.2, 0.25) is 5.91 Å². The lowest BCUT2D eigenvalue weighted by atomic mass is 10.1. The van der Waals surface area contributed by atoms with E-state index in [1.165, 1.54) is 0 Å². The average molecular weight is 351 g/mol. The van der Waals surface area contributed by atoms with Gasteiger partial charge in [0.05, 0.1) is 12.6 Å². The van der Waals surface area contributed by atoms with E-state index in [1.54, 1.807) is 0 Å². The lowest BCUT2D eigenvalue weighted by Crippen LogP contribution is -2.36. The Morgan fingerprint density at radius 2 is 1.30 bits per heavy atom. The Bertz CT molecular complexity index is 641. The van der Waals surface area contributed by atoms with Crippen LogP contribution in [0.5, 0.6) is 0 Å². The number of amides is 1. The topological polar surface area (TPSA) is 41.1 Å². The molecule has 0 aliphatic carbocycles. The van der Waals surface area contributed by atoms with Gasteiger partial charge in [-0.05, 0) is 49.2 Å². The largest absolute Gasteiger partial charge is 0.348 e. The second-order valence-corrected chi connectivity index (χ2v) is 6.37. The summed E-state index contributed by atoms with van der Waals surface area (Å²) >= 11 is 11.7. The summed E-state index contributed by atoms with van der Waals surface area (Å²) in [5.41, 5.74) is 2.11. The minimum atomic E-state index is -0.0626. The molecule has 0 saturated carbocycles. The van der Waals surface area contributed by atoms with Gasteiger partial charge in [0.1, 0.15) is 0 Å². The van der Waals surface area contributed by atoms with Crippen molar-refractivity contribution in [1.29, 1.82) is 0 Å². The Labute approximate surface area is 147 Å². The van der Waals surface area contributed by atoms with Gasteiger partial charge in [0.15, 0.2) is 0 Å². The zero-order valence-electron chi connectivity index (χ0n) is 13.1. The van der Waals surface area contributed by atoms with Gasteiger partial charge in [-0.1, -0.05) is 47.5 Å². The number of hydrogen-bond donors (Lipinski definition) is 2. The Balaban J connectivity index is 1.82. The van der Waals surface area contributed by atoms with E-state index in [2.05, 4.69) is 10.6 Å². The molecule has 2 rings (SSSR count). The zero-order chi connectivity index (χ0) is 16.8. The molecule has 2 atom stereocenters. The number of rotatable bonds is 6. The third kappa shape index (κ3) is 5.54.